The maximum absolute atomic E-state index is 11.5. The third-order valence-electron chi connectivity index (χ3n) is 3.03. The van der Waals surface area contributed by atoms with Gasteiger partial charge in [-0.1, -0.05) is 13.8 Å². The summed E-state index contributed by atoms with van der Waals surface area (Å²) in [4.78, 5) is 33.4. The molecular weight excluding hydrogens is 382 g/mol. The lowest BCUT2D eigenvalue weighted by atomic mass is 10.3. The molecule has 0 aliphatic rings. The lowest BCUT2D eigenvalue weighted by Crippen LogP contribution is -2.31. The zero-order chi connectivity index (χ0) is 22.2. The van der Waals surface area contributed by atoms with E-state index in [1.165, 1.54) is 6.92 Å². The number of carbonyl (C=O) groups excluding carboxylic acids is 3. The summed E-state index contributed by atoms with van der Waals surface area (Å²) in [7, 11) is 0. The first kappa shape index (κ1) is 29.6. The smallest absolute Gasteiger partial charge is 0.246 e. The molecule has 0 saturated heterocycles. The Bertz CT molecular complexity index is 409. The predicted molar refractivity (Wildman–Crippen MR) is 110 cm³/mol. The predicted octanol–water partition coefficient (Wildman–Crippen LogP) is -0.361. The van der Waals surface area contributed by atoms with Crippen LogP contribution in [0, 0.1) is 0 Å². The van der Waals surface area contributed by atoms with Crippen molar-refractivity contribution in [1.29, 1.82) is 0 Å². The van der Waals surface area contributed by atoms with Crippen molar-refractivity contribution in [3.8, 4) is 0 Å². The Morgan fingerprint density at radius 3 is 1.72 bits per heavy atom. The number of nitrogens with two attached hydrogens (primary N) is 1. The Kier molecular flexibility index (Phi) is 25.0. The van der Waals surface area contributed by atoms with Crippen LogP contribution in [0.1, 0.15) is 33.6 Å². The van der Waals surface area contributed by atoms with Crippen molar-refractivity contribution in [3.63, 3.8) is 0 Å². The van der Waals surface area contributed by atoms with Crippen molar-refractivity contribution in [2.45, 2.75) is 33.6 Å². The minimum atomic E-state index is -0.237. The SMILES string of the molecule is CC.CC(=O)COCCOCCNC(=O)COCCOCCNC(=O)CCCN. The molecule has 0 aliphatic carbocycles. The van der Waals surface area contributed by atoms with E-state index in [1.54, 1.807) is 0 Å². The Balaban J connectivity index is 0. The van der Waals surface area contributed by atoms with Crippen LogP contribution >= 0.6 is 0 Å². The quantitative estimate of drug-likeness (QED) is 0.240. The highest BCUT2D eigenvalue weighted by Gasteiger charge is 2.01. The van der Waals surface area contributed by atoms with Gasteiger partial charge in [0.05, 0.1) is 39.6 Å². The van der Waals surface area contributed by atoms with Crippen LogP contribution in [0.2, 0.25) is 0 Å². The lowest BCUT2D eigenvalue weighted by Gasteiger charge is -2.08. The molecule has 2 amide bonds. The average Bonchev–Trinajstić information content (AvgIpc) is 2.71. The number of carbonyl (C=O) groups is 3. The first-order valence-corrected chi connectivity index (χ1v) is 10.1. The number of rotatable bonds is 19. The van der Waals surface area contributed by atoms with Gasteiger partial charge in [0.2, 0.25) is 11.8 Å². The molecule has 10 heteroatoms. The standard InChI is InChI=1S/C17H33N3O7.C2H6/c1-15(21)13-26-11-9-25-8-6-20-17(23)14-27-12-10-24-7-5-19-16(22)3-2-4-18;1-2/h2-14,18H2,1H3,(H,19,22)(H,20,23);1-2H3. The molecular formula is C19H39N3O7. The Morgan fingerprint density at radius 1 is 0.724 bits per heavy atom. The highest BCUT2D eigenvalue weighted by molar-refractivity contribution is 5.77. The summed E-state index contributed by atoms with van der Waals surface area (Å²) in [6.07, 6.45) is 1.09. The van der Waals surface area contributed by atoms with Crippen LogP contribution in [0.25, 0.3) is 0 Å². The lowest BCUT2D eigenvalue weighted by molar-refractivity contribution is -0.127. The summed E-state index contributed by atoms with van der Waals surface area (Å²) in [6.45, 7) is 8.87. The van der Waals surface area contributed by atoms with Gasteiger partial charge in [0, 0.05) is 19.5 Å². The van der Waals surface area contributed by atoms with E-state index in [0.29, 0.717) is 72.1 Å². The van der Waals surface area contributed by atoms with Crippen LogP contribution in [0.4, 0.5) is 0 Å². The first-order valence-electron chi connectivity index (χ1n) is 10.1. The normalized spacial score (nSPS) is 10.1. The molecule has 0 fully saturated rings. The maximum atomic E-state index is 11.5. The summed E-state index contributed by atoms with van der Waals surface area (Å²) >= 11 is 0. The van der Waals surface area contributed by atoms with Gasteiger partial charge in [0.15, 0.2) is 5.78 Å². The molecule has 172 valence electrons. The third kappa shape index (κ3) is 26.4. The number of hydrogen-bond donors (Lipinski definition) is 3. The van der Waals surface area contributed by atoms with Crippen molar-refractivity contribution >= 4 is 17.6 Å². The molecule has 0 heterocycles. The number of hydrogen-bond acceptors (Lipinski definition) is 8. The average molecular weight is 422 g/mol. The van der Waals surface area contributed by atoms with Gasteiger partial charge in [0.25, 0.3) is 0 Å². The maximum Gasteiger partial charge on any atom is 0.246 e. The summed E-state index contributed by atoms with van der Waals surface area (Å²) < 4.78 is 20.7. The fraction of sp³-hybridized carbons (Fsp3) is 0.842. The van der Waals surface area contributed by atoms with E-state index in [9.17, 15) is 14.4 Å². The van der Waals surface area contributed by atoms with Crippen LogP contribution in [0.15, 0.2) is 0 Å². The van der Waals surface area contributed by atoms with Gasteiger partial charge in [-0.2, -0.15) is 0 Å². The van der Waals surface area contributed by atoms with Gasteiger partial charge in [-0.15, -0.1) is 0 Å². The molecule has 4 N–H and O–H groups in total. The molecule has 10 nitrogen and oxygen atoms in total. The van der Waals surface area contributed by atoms with E-state index in [4.69, 9.17) is 24.7 Å². The minimum Gasteiger partial charge on any atom is -0.377 e. The zero-order valence-corrected chi connectivity index (χ0v) is 18.1. The van der Waals surface area contributed by atoms with Crippen molar-refractivity contribution in [3.05, 3.63) is 0 Å². The van der Waals surface area contributed by atoms with Gasteiger partial charge in [-0.3, -0.25) is 14.4 Å². The summed E-state index contributed by atoms with van der Waals surface area (Å²) in [5.74, 6) is -0.305. The van der Waals surface area contributed by atoms with E-state index >= 15 is 0 Å². The van der Waals surface area contributed by atoms with Crippen LogP contribution in [-0.4, -0.2) is 90.1 Å². The van der Waals surface area contributed by atoms with E-state index in [0.717, 1.165) is 0 Å². The molecule has 0 aromatic heterocycles. The van der Waals surface area contributed by atoms with Gasteiger partial charge >= 0.3 is 0 Å². The molecule has 0 rings (SSSR count). The van der Waals surface area contributed by atoms with E-state index in [2.05, 4.69) is 10.6 Å². The molecule has 0 aromatic rings. The van der Waals surface area contributed by atoms with E-state index in [-0.39, 0.29) is 30.8 Å². The Labute approximate surface area is 174 Å². The van der Waals surface area contributed by atoms with Gasteiger partial charge in [-0.05, 0) is 19.9 Å². The summed E-state index contributed by atoms with van der Waals surface area (Å²) in [5, 5.41) is 5.37. The van der Waals surface area contributed by atoms with Gasteiger partial charge < -0.3 is 35.3 Å². The van der Waals surface area contributed by atoms with Gasteiger partial charge in [-0.25, -0.2) is 0 Å². The molecule has 0 radical (unpaired) electrons. The molecule has 0 atom stereocenters. The molecule has 0 bridgehead atoms. The second-order valence-corrected chi connectivity index (χ2v) is 5.62. The van der Waals surface area contributed by atoms with E-state index < -0.39 is 0 Å². The number of amides is 2. The summed E-state index contributed by atoms with van der Waals surface area (Å²) in [6, 6.07) is 0. The topological polar surface area (TPSA) is 138 Å². The molecule has 29 heavy (non-hydrogen) atoms. The van der Waals surface area contributed by atoms with Crippen LogP contribution in [0.3, 0.4) is 0 Å². The molecule has 0 saturated carbocycles. The largest absolute Gasteiger partial charge is 0.377 e. The van der Waals surface area contributed by atoms with Crippen LogP contribution in [0.5, 0.6) is 0 Å². The number of Topliss-reactive ketones (excluding diaryl/α,β-unsaturated/α-hetero) is 1. The monoisotopic (exact) mass is 421 g/mol. The van der Waals surface area contributed by atoms with Crippen molar-refractivity contribution in [2.24, 2.45) is 5.73 Å². The number of nitrogens with one attached hydrogen (secondary N) is 2. The number of ether oxygens (including phenoxy) is 4. The number of ketones is 1. The zero-order valence-electron chi connectivity index (χ0n) is 18.1. The minimum absolute atomic E-state index is 0.0299. The van der Waals surface area contributed by atoms with E-state index in [1.807, 2.05) is 13.8 Å². The molecule has 0 aromatic carbocycles. The summed E-state index contributed by atoms with van der Waals surface area (Å²) in [5.41, 5.74) is 5.32. The molecule has 0 spiro atoms. The van der Waals surface area contributed by atoms with Gasteiger partial charge in [0.1, 0.15) is 13.2 Å². The second kappa shape index (κ2) is 24.4. The van der Waals surface area contributed by atoms with Crippen molar-refractivity contribution < 1.29 is 33.3 Å². The second-order valence-electron chi connectivity index (χ2n) is 5.62. The molecule has 0 unspecified atom stereocenters. The first-order chi connectivity index (χ1) is 14.1. The fourth-order valence-electron chi connectivity index (χ4n) is 1.75. The van der Waals surface area contributed by atoms with Crippen molar-refractivity contribution in [2.75, 3.05) is 72.5 Å². The highest BCUT2D eigenvalue weighted by atomic mass is 16.5. The Hall–Kier alpha value is -1.59. The highest BCUT2D eigenvalue weighted by Crippen LogP contribution is 1.85. The third-order valence-corrected chi connectivity index (χ3v) is 3.03. The molecule has 0 aliphatic heterocycles. The van der Waals surface area contributed by atoms with Crippen molar-refractivity contribution in [1.82, 2.24) is 10.6 Å². The Morgan fingerprint density at radius 2 is 1.21 bits per heavy atom. The van der Waals surface area contributed by atoms with Crippen LogP contribution < -0.4 is 16.4 Å². The van der Waals surface area contributed by atoms with Crippen LogP contribution in [-0.2, 0) is 33.3 Å². The fourth-order valence-corrected chi connectivity index (χ4v) is 1.75.